The molecule has 1 amide bonds. The van der Waals surface area contributed by atoms with Crippen molar-refractivity contribution in [2.45, 2.75) is 12.6 Å². The summed E-state index contributed by atoms with van der Waals surface area (Å²) in [6.07, 6.45) is 3.07. The maximum absolute atomic E-state index is 12.1. The molecule has 0 spiro atoms. The van der Waals surface area contributed by atoms with Gasteiger partial charge in [0.1, 0.15) is 0 Å². The molecular formula is C19H26Cl2N4O2S. The van der Waals surface area contributed by atoms with Gasteiger partial charge in [-0.15, -0.1) is 0 Å². The summed E-state index contributed by atoms with van der Waals surface area (Å²) < 4.78 is 5.78. The third kappa shape index (κ3) is 7.56. The molecule has 1 heterocycles. The quantitative estimate of drug-likeness (QED) is 0.609. The first-order valence-corrected chi connectivity index (χ1v) is 10.6. The molecule has 3 N–H and O–H groups in total. The molecule has 28 heavy (non-hydrogen) atoms. The number of ether oxygens (including phenoxy) is 1. The van der Waals surface area contributed by atoms with E-state index in [2.05, 4.69) is 16.8 Å². The van der Waals surface area contributed by atoms with Crippen molar-refractivity contribution >= 4 is 40.9 Å². The number of halogens is 2. The lowest BCUT2D eigenvalue weighted by Gasteiger charge is -2.33. The zero-order valence-electron chi connectivity index (χ0n) is 15.9. The van der Waals surface area contributed by atoms with Crippen molar-refractivity contribution in [1.29, 1.82) is 0 Å². The number of amides is 1. The lowest BCUT2D eigenvalue weighted by molar-refractivity contribution is -0.119. The van der Waals surface area contributed by atoms with Crippen molar-refractivity contribution in [3.63, 3.8) is 0 Å². The summed E-state index contributed by atoms with van der Waals surface area (Å²) in [5.74, 6) is 0.239. The van der Waals surface area contributed by atoms with E-state index in [9.17, 15) is 4.79 Å². The lowest BCUT2D eigenvalue weighted by Crippen LogP contribution is -2.47. The van der Waals surface area contributed by atoms with Gasteiger partial charge >= 0.3 is 0 Å². The number of rotatable bonds is 9. The molecule has 1 saturated heterocycles. The SMILES string of the molecule is C=C(SCC(=O)NC[C@H]1CN(Cc2ccc(Cl)c(Cl)c2)CCO1)N(C)/C=C\N. The van der Waals surface area contributed by atoms with Crippen molar-refractivity contribution in [3.05, 3.63) is 57.8 Å². The minimum atomic E-state index is -0.0542. The van der Waals surface area contributed by atoms with Crippen LogP contribution in [0.4, 0.5) is 0 Å². The smallest absolute Gasteiger partial charge is 0.230 e. The number of hydrogen-bond donors (Lipinski definition) is 2. The number of nitrogens with zero attached hydrogens (tertiary/aromatic N) is 2. The number of thioether (sulfide) groups is 1. The van der Waals surface area contributed by atoms with Gasteiger partial charge in [0.2, 0.25) is 5.91 Å². The maximum Gasteiger partial charge on any atom is 0.230 e. The number of nitrogens with one attached hydrogen (secondary N) is 1. The number of morpholine rings is 1. The molecule has 2 rings (SSSR count). The van der Waals surface area contributed by atoms with E-state index >= 15 is 0 Å². The summed E-state index contributed by atoms with van der Waals surface area (Å²) >= 11 is 13.4. The fraction of sp³-hybridized carbons (Fsp3) is 0.421. The topological polar surface area (TPSA) is 70.8 Å². The highest BCUT2D eigenvalue weighted by molar-refractivity contribution is 8.03. The lowest BCUT2D eigenvalue weighted by atomic mass is 10.2. The van der Waals surface area contributed by atoms with Crippen LogP contribution in [-0.4, -0.2) is 60.9 Å². The molecule has 0 saturated carbocycles. The molecule has 0 bridgehead atoms. The van der Waals surface area contributed by atoms with Gasteiger partial charge in [-0.3, -0.25) is 9.69 Å². The molecule has 0 aliphatic carbocycles. The van der Waals surface area contributed by atoms with Gasteiger partial charge in [0.05, 0.1) is 33.5 Å². The van der Waals surface area contributed by atoms with Crippen molar-refractivity contribution in [2.24, 2.45) is 5.73 Å². The highest BCUT2D eigenvalue weighted by Crippen LogP contribution is 2.23. The van der Waals surface area contributed by atoms with Crippen molar-refractivity contribution in [3.8, 4) is 0 Å². The third-order valence-electron chi connectivity index (χ3n) is 4.21. The van der Waals surface area contributed by atoms with Gasteiger partial charge in [0.25, 0.3) is 0 Å². The first kappa shape index (κ1) is 22.9. The largest absolute Gasteiger partial charge is 0.403 e. The Morgan fingerprint density at radius 3 is 3.00 bits per heavy atom. The van der Waals surface area contributed by atoms with E-state index in [0.29, 0.717) is 28.9 Å². The molecule has 154 valence electrons. The predicted octanol–water partition coefficient (Wildman–Crippen LogP) is 2.88. The second-order valence-corrected chi connectivity index (χ2v) is 8.28. The molecule has 6 nitrogen and oxygen atoms in total. The number of nitrogens with two attached hydrogens (primary N) is 1. The van der Waals surface area contributed by atoms with Crippen LogP contribution in [-0.2, 0) is 16.1 Å². The molecule has 1 aliphatic heterocycles. The fourth-order valence-electron chi connectivity index (χ4n) is 2.69. The molecule has 0 radical (unpaired) electrons. The predicted molar refractivity (Wildman–Crippen MR) is 117 cm³/mol. The van der Waals surface area contributed by atoms with Gasteiger partial charge in [-0.05, 0) is 17.7 Å². The molecule has 9 heteroatoms. The van der Waals surface area contributed by atoms with Gasteiger partial charge in [-0.25, -0.2) is 0 Å². The summed E-state index contributed by atoms with van der Waals surface area (Å²) in [5, 5.41) is 4.79. The summed E-state index contributed by atoms with van der Waals surface area (Å²) in [6, 6.07) is 5.67. The van der Waals surface area contributed by atoms with Crippen molar-refractivity contribution in [2.75, 3.05) is 39.0 Å². The average molecular weight is 445 g/mol. The third-order valence-corrected chi connectivity index (χ3v) is 5.98. The molecule has 0 aromatic heterocycles. The Bertz CT molecular complexity index is 717. The normalized spacial score (nSPS) is 17.6. The van der Waals surface area contributed by atoms with Crippen LogP contribution in [0.15, 0.2) is 42.2 Å². The van der Waals surface area contributed by atoms with Gasteiger partial charge in [0, 0.05) is 45.6 Å². The molecular weight excluding hydrogens is 419 g/mol. The Morgan fingerprint density at radius 1 is 1.50 bits per heavy atom. The molecule has 1 aliphatic rings. The Hall–Kier alpha value is -1.38. The Kier molecular flexibility index (Phi) is 9.47. The molecule has 1 aromatic rings. The van der Waals surface area contributed by atoms with Crippen LogP contribution in [0.1, 0.15) is 5.56 Å². The van der Waals surface area contributed by atoms with Crippen molar-refractivity contribution in [1.82, 2.24) is 15.1 Å². The van der Waals surface area contributed by atoms with E-state index in [1.54, 1.807) is 11.1 Å². The van der Waals surface area contributed by atoms with Crippen LogP contribution in [0, 0.1) is 0 Å². The Labute approximate surface area is 180 Å². The van der Waals surface area contributed by atoms with E-state index < -0.39 is 0 Å². The van der Waals surface area contributed by atoms with E-state index in [1.165, 1.54) is 18.0 Å². The number of benzene rings is 1. The first-order valence-electron chi connectivity index (χ1n) is 8.86. The Morgan fingerprint density at radius 2 is 2.29 bits per heavy atom. The van der Waals surface area contributed by atoms with Gasteiger partial charge in [0.15, 0.2) is 0 Å². The standard InChI is InChI=1S/C19H26Cl2N4O2S/c1-14(24(2)6-5-22)28-13-19(26)23-10-16-12-25(7-8-27-16)11-15-3-4-17(20)18(21)9-15/h3-6,9,16H,1,7-8,10-13,22H2,2H3,(H,23,26)/b6-5-/t16-/m0/s1. The van der Waals surface area contributed by atoms with Crippen LogP contribution in [0.3, 0.4) is 0 Å². The van der Waals surface area contributed by atoms with E-state index in [0.717, 1.165) is 30.2 Å². The number of hydrogen-bond acceptors (Lipinski definition) is 6. The monoisotopic (exact) mass is 444 g/mol. The average Bonchev–Trinajstić information content (AvgIpc) is 2.68. The minimum Gasteiger partial charge on any atom is -0.403 e. The van der Waals surface area contributed by atoms with Gasteiger partial charge < -0.3 is 20.7 Å². The molecule has 0 unspecified atom stereocenters. The van der Waals surface area contributed by atoms with Gasteiger partial charge in [-0.2, -0.15) is 0 Å². The number of carbonyl (C=O) groups excluding carboxylic acids is 1. The second kappa shape index (κ2) is 11.6. The molecule has 1 fully saturated rings. The van der Waals surface area contributed by atoms with Crippen LogP contribution in [0.2, 0.25) is 10.0 Å². The Balaban J connectivity index is 1.73. The zero-order valence-corrected chi connectivity index (χ0v) is 18.2. The summed E-state index contributed by atoms with van der Waals surface area (Å²) in [4.78, 5) is 16.1. The van der Waals surface area contributed by atoms with Crippen LogP contribution < -0.4 is 11.1 Å². The molecule has 1 aromatic carbocycles. The maximum atomic E-state index is 12.1. The van der Waals surface area contributed by atoms with Crippen LogP contribution in [0.5, 0.6) is 0 Å². The van der Waals surface area contributed by atoms with Crippen LogP contribution in [0.25, 0.3) is 0 Å². The van der Waals surface area contributed by atoms with Crippen molar-refractivity contribution < 1.29 is 9.53 Å². The highest BCUT2D eigenvalue weighted by Gasteiger charge is 2.21. The highest BCUT2D eigenvalue weighted by atomic mass is 35.5. The summed E-state index contributed by atoms with van der Waals surface area (Å²) in [6.45, 7) is 7.35. The fourth-order valence-corrected chi connectivity index (χ4v) is 3.67. The number of carbonyl (C=O) groups is 1. The minimum absolute atomic E-state index is 0.0449. The molecule has 1 atom stereocenters. The van der Waals surface area contributed by atoms with Crippen LogP contribution >= 0.6 is 35.0 Å². The van der Waals surface area contributed by atoms with E-state index in [-0.39, 0.29) is 12.0 Å². The van der Waals surface area contributed by atoms with E-state index in [1.807, 2.05) is 25.2 Å². The van der Waals surface area contributed by atoms with E-state index in [4.69, 9.17) is 33.7 Å². The zero-order chi connectivity index (χ0) is 20.5. The second-order valence-electron chi connectivity index (χ2n) is 6.42. The summed E-state index contributed by atoms with van der Waals surface area (Å²) in [7, 11) is 1.83. The van der Waals surface area contributed by atoms with Gasteiger partial charge in [-0.1, -0.05) is 47.6 Å². The first-order chi connectivity index (χ1) is 13.4. The summed E-state index contributed by atoms with van der Waals surface area (Å²) in [5.41, 5.74) is 6.45.